The molecule has 118 valence electrons. The fourth-order valence-electron chi connectivity index (χ4n) is 3.04. The van der Waals surface area contributed by atoms with E-state index in [2.05, 4.69) is 11.6 Å². The number of hydrogen-bond donors (Lipinski definition) is 1. The number of hydrogen-bond acceptors (Lipinski definition) is 3. The minimum atomic E-state index is -3.48. The summed E-state index contributed by atoms with van der Waals surface area (Å²) in [5.41, 5.74) is 1.63. The van der Waals surface area contributed by atoms with Crippen LogP contribution in [-0.4, -0.2) is 21.6 Å². The largest absolute Gasteiger partial charge is 0.496 e. The van der Waals surface area contributed by atoms with Gasteiger partial charge in [0.05, 0.1) is 12.0 Å². The first-order chi connectivity index (χ1) is 9.86. The molecule has 0 aromatic heterocycles. The van der Waals surface area contributed by atoms with Crippen molar-refractivity contribution in [3.8, 4) is 5.75 Å². The number of ether oxygens (including phenoxy) is 1. The lowest BCUT2D eigenvalue weighted by molar-refractivity contribution is 0.310. The molecule has 1 aromatic rings. The van der Waals surface area contributed by atoms with E-state index in [0.29, 0.717) is 10.8 Å². The van der Waals surface area contributed by atoms with Crippen LogP contribution >= 0.6 is 0 Å². The first-order valence-corrected chi connectivity index (χ1v) is 9.01. The lowest BCUT2D eigenvalue weighted by Gasteiger charge is -2.29. The van der Waals surface area contributed by atoms with Crippen LogP contribution in [0, 0.1) is 19.8 Å². The highest BCUT2D eigenvalue weighted by Crippen LogP contribution is 2.29. The van der Waals surface area contributed by atoms with E-state index in [1.807, 2.05) is 13.8 Å². The predicted octanol–water partition coefficient (Wildman–Crippen LogP) is 3.17. The van der Waals surface area contributed by atoms with E-state index in [1.54, 1.807) is 19.2 Å². The van der Waals surface area contributed by atoms with Crippen LogP contribution < -0.4 is 9.46 Å². The SMILES string of the molecule is COc1ccc(S(=O)(=O)N[C@@H]2CCCC[C@H]2C)c(C)c1C. The Hall–Kier alpha value is -1.07. The maximum absolute atomic E-state index is 12.7. The third-order valence-electron chi connectivity index (χ3n) is 4.62. The molecule has 0 aliphatic heterocycles. The highest BCUT2D eigenvalue weighted by Gasteiger charge is 2.28. The molecule has 2 rings (SSSR count). The first kappa shape index (κ1) is 16.3. The minimum Gasteiger partial charge on any atom is -0.496 e. The van der Waals surface area contributed by atoms with Gasteiger partial charge in [0.1, 0.15) is 5.75 Å². The van der Waals surface area contributed by atoms with Crippen LogP contribution in [0.1, 0.15) is 43.7 Å². The molecule has 1 N–H and O–H groups in total. The van der Waals surface area contributed by atoms with Crippen molar-refractivity contribution >= 4 is 10.0 Å². The average Bonchev–Trinajstić information content (AvgIpc) is 2.44. The summed E-state index contributed by atoms with van der Waals surface area (Å²) in [6.07, 6.45) is 4.31. The first-order valence-electron chi connectivity index (χ1n) is 7.53. The molecule has 4 nitrogen and oxygen atoms in total. The summed E-state index contributed by atoms with van der Waals surface area (Å²) in [7, 11) is -1.88. The number of rotatable bonds is 4. The van der Waals surface area contributed by atoms with Crippen LogP contribution in [0.25, 0.3) is 0 Å². The normalized spacial score (nSPS) is 23.0. The molecule has 0 unspecified atom stereocenters. The third kappa shape index (κ3) is 3.40. The Morgan fingerprint density at radius 3 is 2.43 bits per heavy atom. The zero-order valence-corrected chi connectivity index (χ0v) is 14.1. The van der Waals surface area contributed by atoms with Crippen LogP contribution in [0.2, 0.25) is 0 Å². The van der Waals surface area contributed by atoms with Crippen molar-refractivity contribution in [1.82, 2.24) is 4.72 Å². The van der Waals surface area contributed by atoms with E-state index in [4.69, 9.17) is 4.74 Å². The molecule has 2 atom stereocenters. The van der Waals surface area contributed by atoms with E-state index < -0.39 is 10.0 Å². The number of methoxy groups -OCH3 is 1. The van der Waals surface area contributed by atoms with Gasteiger partial charge in [-0.05, 0) is 55.9 Å². The molecule has 0 heterocycles. The Balaban J connectivity index is 2.29. The van der Waals surface area contributed by atoms with Crippen molar-refractivity contribution in [3.63, 3.8) is 0 Å². The molecule has 5 heteroatoms. The van der Waals surface area contributed by atoms with E-state index in [0.717, 1.165) is 36.1 Å². The molecular weight excluding hydrogens is 286 g/mol. The van der Waals surface area contributed by atoms with Crippen molar-refractivity contribution in [2.75, 3.05) is 7.11 Å². The number of sulfonamides is 1. The van der Waals surface area contributed by atoms with Crippen molar-refractivity contribution in [1.29, 1.82) is 0 Å². The molecule has 1 fully saturated rings. The summed E-state index contributed by atoms with van der Waals surface area (Å²) < 4.78 is 33.5. The summed E-state index contributed by atoms with van der Waals surface area (Å²) >= 11 is 0. The second-order valence-corrected chi connectivity index (χ2v) is 7.69. The Bertz CT molecular complexity index is 610. The summed E-state index contributed by atoms with van der Waals surface area (Å²) in [4.78, 5) is 0.360. The van der Waals surface area contributed by atoms with Gasteiger partial charge in [-0.1, -0.05) is 19.8 Å². The zero-order valence-electron chi connectivity index (χ0n) is 13.3. The lowest BCUT2D eigenvalue weighted by Crippen LogP contribution is -2.41. The molecule has 0 amide bonds. The Morgan fingerprint density at radius 2 is 1.81 bits per heavy atom. The smallest absolute Gasteiger partial charge is 0.241 e. The Morgan fingerprint density at radius 1 is 1.14 bits per heavy atom. The zero-order chi connectivity index (χ0) is 15.6. The van der Waals surface area contributed by atoms with Crippen LogP contribution in [0.4, 0.5) is 0 Å². The summed E-state index contributed by atoms with van der Waals surface area (Å²) in [5, 5.41) is 0. The van der Waals surface area contributed by atoms with Crippen molar-refractivity contribution in [2.45, 2.75) is 57.4 Å². The Kier molecular flexibility index (Phi) is 4.94. The highest BCUT2D eigenvalue weighted by atomic mass is 32.2. The standard InChI is InChI=1S/C16H25NO3S/c1-11-7-5-6-8-14(11)17-21(18,19)16-10-9-15(20-4)12(2)13(16)3/h9-11,14,17H,5-8H2,1-4H3/t11-,14-/m1/s1. The molecule has 0 spiro atoms. The molecule has 0 saturated heterocycles. The lowest BCUT2D eigenvalue weighted by atomic mass is 9.87. The van der Waals surface area contributed by atoms with E-state index >= 15 is 0 Å². The second-order valence-electron chi connectivity index (χ2n) is 6.01. The van der Waals surface area contributed by atoms with Gasteiger partial charge in [-0.3, -0.25) is 0 Å². The van der Waals surface area contributed by atoms with Gasteiger partial charge < -0.3 is 4.74 Å². The van der Waals surface area contributed by atoms with E-state index in [1.165, 1.54) is 6.42 Å². The third-order valence-corrected chi connectivity index (χ3v) is 6.25. The number of nitrogens with one attached hydrogen (secondary N) is 1. The predicted molar refractivity (Wildman–Crippen MR) is 84.2 cm³/mol. The monoisotopic (exact) mass is 311 g/mol. The summed E-state index contributed by atoms with van der Waals surface area (Å²) in [6, 6.07) is 3.41. The molecule has 0 bridgehead atoms. The van der Waals surface area contributed by atoms with E-state index in [9.17, 15) is 8.42 Å². The quantitative estimate of drug-likeness (QED) is 0.929. The minimum absolute atomic E-state index is 0.0468. The van der Waals surface area contributed by atoms with Crippen LogP contribution in [-0.2, 0) is 10.0 Å². The highest BCUT2D eigenvalue weighted by molar-refractivity contribution is 7.89. The molecule has 1 saturated carbocycles. The molecule has 21 heavy (non-hydrogen) atoms. The summed E-state index contributed by atoms with van der Waals surface area (Å²) in [5.74, 6) is 1.12. The van der Waals surface area contributed by atoms with Gasteiger partial charge in [0, 0.05) is 6.04 Å². The average molecular weight is 311 g/mol. The van der Waals surface area contributed by atoms with Gasteiger partial charge in [-0.15, -0.1) is 0 Å². The Labute approximate surface area is 127 Å². The molecular formula is C16H25NO3S. The van der Waals surface area contributed by atoms with Crippen LogP contribution in [0.5, 0.6) is 5.75 Å². The fraction of sp³-hybridized carbons (Fsp3) is 0.625. The fourth-order valence-corrected chi connectivity index (χ4v) is 4.72. The maximum Gasteiger partial charge on any atom is 0.241 e. The van der Waals surface area contributed by atoms with Crippen molar-refractivity contribution in [2.24, 2.45) is 5.92 Å². The topological polar surface area (TPSA) is 55.4 Å². The van der Waals surface area contributed by atoms with E-state index in [-0.39, 0.29) is 6.04 Å². The number of benzene rings is 1. The second kappa shape index (κ2) is 6.36. The molecule has 1 aliphatic rings. The van der Waals surface area contributed by atoms with Crippen LogP contribution in [0.3, 0.4) is 0 Å². The van der Waals surface area contributed by atoms with Gasteiger partial charge in [0.2, 0.25) is 10.0 Å². The van der Waals surface area contributed by atoms with Crippen LogP contribution in [0.15, 0.2) is 17.0 Å². The molecule has 0 radical (unpaired) electrons. The van der Waals surface area contributed by atoms with Crippen molar-refractivity contribution in [3.05, 3.63) is 23.3 Å². The summed E-state index contributed by atoms with van der Waals surface area (Å²) in [6.45, 7) is 5.84. The molecule has 1 aliphatic carbocycles. The van der Waals surface area contributed by atoms with Gasteiger partial charge in [0.25, 0.3) is 0 Å². The maximum atomic E-state index is 12.7. The van der Waals surface area contributed by atoms with Gasteiger partial charge in [-0.25, -0.2) is 13.1 Å². The van der Waals surface area contributed by atoms with Crippen molar-refractivity contribution < 1.29 is 13.2 Å². The van der Waals surface area contributed by atoms with Gasteiger partial charge in [0.15, 0.2) is 0 Å². The van der Waals surface area contributed by atoms with Gasteiger partial charge in [-0.2, -0.15) is 0 Å². The van der Waals surface area contributed by atoms with Gasteiger partial charge >= 0.3 is 0 Å². The molecule has 1 aromatic carbocycles.